The molecule has 4 heteroatoms. The van der Waals surface area contributed by atoms with Crippen molar-refractivity contribution in [1.29, 1.82) is 0 Å². The number of ether oxygens (including phenoxy) is 1. The topological polar surface area (TPSA) is 38.3 Å². The van der Waals surface area contributed by atoms with E-state index in [1.165, 1.54) is 5.56 Å². The minimum Gasteiger partial charge on any atom is -0.494 e. The van der Waals surface area contributed by atoms with Crippen LogP contribution < -0.4 is 10.1 Å². The third-order valence-electron chi connectivity index (χ3n) is 3.60. The molecule has 0 aliphatic carbocycles. The Bertz CT molecular complexity index is 638. The van der Waals surface area contributed by atoms with Gasteiger partial charge in [0.1, 0.15) is 5.75 Å². The van der Waals surface area contributed by atoms with Crippen molar-refractivity contribution in [3.8, 4) is 5.75 Å². The molecule has 0 spiro atoms. The minimum atomic E-state index is -0.268. The Labute approximate surface area is 149 Å². The molecule has 0 aromatic heterocycles. The summed E-state index contributed by atoms with van der Waals surface area (Å²) in [6, 6.07) is 17.4. The van der Waals surface area contributed by atoms with E-state index in [4.69, 9.17) is 16.3 Å². The van der Waals surface area contributed by atoms with E-state index >= 15 is 0 Å². The van der Waals surface area contributed by atoms with Crippen LogP contribution in [-0.4, -0.2) is 18.1 Å². The molecule has 0 aliphatic rings. The van der Waals surface area contributed by atoms with Gasteiger partial charge in [0, 0.05) is 17.0 Å². The maximum absolute atomic E-state index is 12.1. The molecule has 0 radical (unpaired) electrons. The highest BCUT2D eigenvalue weighted by atomic mass is 35.5. The van der Waals surface area contributed by atoms with Gasteiger partial charge in [-0.25, -0.2) is 0 Å². The van der Waals surface area contributed by atoms with Crippen LogP contribution >= 0.6 is 11.6 Å². The van der Waals surface area contributed by atoms with E-state index in [2.05, 4.69) is 17.4 Å². The maximum Gasteiger partial charge on any atom is 0.220 e. The van der Waals surface area contributed by atoms with Crippen molar-refractivity contribution < 1.29 is 9.53 Å². The summed E-state index contributed by atoms with van der Waals surface area (Å²) in [5.74, 6) is 0.819. The van der Waals surface area contributed by atoms with Crippen LogP contribution in [0, 0.1) is 0 Å². The Morgan fingerprint density at radius 2 is 1.75 bits per heavy atom. The number of amides is 1. The van der Waals surface area contributed by atoms with E-state index in [0.29, 0.717) is 24.5 Å². The van der Waals surface area contributed by atoms with Gasteiger partial charge in [0.25, 0.3) is 0 Å². The van der Waals surface area contributed by atoms with Gasteiger partial charge in [0.05, 0.1) is 6.61 Å². The number of halogens is 1. The zero-order valence-corrected chi connectivity index (χ0v) is 15.0. The number of hydrogen-bond acceptors (Lipinski definition) is 2. The molecule has 0 unspecified atom stereocenters. The lowest BCUT2D eigenvalue weighted by atomic mass is 9.94. The minimum absolute atomic E-state index is 0.0515. The SMILES string of the molecule is CC(C)(Cc1ccccc1)NC(=O)CCCOc1ccc(Cl)cc1. The lowest BCUT2D eigenvalue weighted by Crippen LogP contribution is -2.45. The second-order valence-corrected chi connectivity index (χ2v) is 6.94. The number of hydrogen-bond donors (Lipinski definition) is 1. The average molecular weight is 346 g/mol. The van der Waals surface area contributed by atoms with Gasteiger partial charge < -0.3 is 10.1 Å². The van der Waals surface area contributed by atoms with Crippen molar-refractivity contribution in [3.05, 3.63) is 65.2 Å². The van der Waals surface area contributed by atoms with E-state index in [-0.39, 0.29) is 11.4 Å². The van der Waals surface area contributed by atoms with Gasteiger partial charge in [-0.15, -0.1) is 0 Å². The van der Waals surface area contributed by atoms with Crippen molar-refractivity contribution in [2.45, 2.75) is 38.6 Å². The Balaban J connectivity index is 1.69. The number of benzene rings is 2. The van der Waals surface area contributed by atoms with Crippen LogP contribution in [0.2, 0.25) is 5.02 Å². The van der Waals surface area contributed by atoms with Gasteiger partial charge in [0.15, 0.2) is 0 Å². The fourth-order valence-corrected chi connectivity index (χ4v) is 2.67. The fourth-order valence-electron chi connectivity index (χ4n) is 2.54. The Hall–Kier alpha value is -2.00. The summed E-state index contributed by atoms with van der Waals surface area (Å²) in [7, 11) is 0. The second-order valence-electron chi connectivity index (χ2n) is 6.50. The van der Waals surface area contributed by atoms with Gasteiger partial charge in [-0.3, -0.25) is 4.79 Å². The largest absolute Gasteiger partial charge is 0.494 e. The molecule has 0 bridgehead atoms. The number of carbonyl (C=O) groups excluding carboxylic acids is 1. The summed E-state index contributed by atoms with van der Waals surface area (Å²) in [4.78, 5) is 12.1. The summed E-state index contributed by atoms with van der Waals surface area (Å²) in [6.45, 7) is 4.60. The van der Waals surface area contributed by atoms with E-state index < -0.39 is 0 Å². The van der Waals surface area contributed by atoms with E-state index in [0.717, 1.165) is 12.2 Å². The molecule has 0 heterocycles. The van der Waals surface area contributed by atoms with Gasteiger partial charge in [-0.2, -0.15) is 0 Å². The summed E-state index contributed by atoms with van der Waals surface area (Å²) in [5, 5.41) is 3.78. The van der Waals surface area contributed by atoms with Crippen LogP contribution in [-0.2, 0) is 11.2 Å². The van der Waals surface area contributed by atoms with E-state index in [1.807, 2.05) is 44.2 Å². The molecular weight excluding hydrogens is 322 g/mol. The highest BCUT2D eigenvalue weighted by Gasteiger charge is 2.20. The molecule has 0 atom stereocenters. The molecule has 0 aliphatic heterocycles. The first-order chi connectivity index (χ1) is 11.4. The number of carbonyl (C=O) groups is 1. The van der Waals surface area contributed by atoms with Crippen LogP contribution in [0.1, 0.15) is 32.3 Å². The highest BCUT2D eigenvalue weighted by Crippen LogP contribution is 2.16. The standard InChI is InChI=1S/C20H24ClNO2/c1-20(2,15-16-7-4-3-5-8-16)22-19(23)9-6-14-24-18-12-10-17(21)11-13-18/h3-5,7-8,10-13H,6,9,14-15H2,1-2H3,(H,22,23). The lowest BCUT2D eigenvalue weighted by Gasteiger charge is -2.26. The molecule has 1 amide bonds. The quantitative estimate of drug-likeness (QED) is 0.708. The average Bonchev–Trinajstić information content (AvgIpc) is 2.53. The summed E-state index contributed by atoms with van der Waals surface area (Å²) < 4.78 is 5.60. The smallest absolute Gasteiger partial charge is 0.220 e. The molecule has 0 saturated heterocycles. The summed E-state index contributed by atoms with van der Waals surface area (Å²) in [6.07, 6.45) is 1.93. The van der Waals surface area contributed by atoms with E-state index in [1.54, 1.807) is 12.1 Å². The second kappa shape index (κ2) is 8.74. The molecule has 2 aromatic carbocycles. The first kappa shape index (κ1) is 18.3. The van der Waals surface area contributed by atoms with Crippen LogP contribution in [0.4, 0.5) is 0 Å². The molecule has 2 aromatic rings. The first-order valence-corrected chi connectivity index (χ1v) is 8.56. The maximum atomic E-state index is 12.1. The van der Waals surface area contributed by atoms with E-state index in [9.17, 15) is 4.79 Å². The van der Waals surface area contributed by atoms with Crippen molar-refractivity contribution in [2.24, 2.45) is 0 Å². The fraction of sp³-hybridized carbons (Fsp3) is 0.350. The van der Waals surface area contributed by atoms with Crippen LogP contribution in [0.25, 0.3) is 0 Å². The molecule has 0 fully saturated rings. The van der Waals surface area contributed by atoms with Crippen molar-refractivity contribution >= 4 is 17.5 Å². The Kier molecular flexibility index (Phi) is 6.68. The molecule has 24 heavy (non-hydrogen) atoms. The molecular formula is C20H24ClNO2. The van der Waals surface area contributed by atoms with Crippen molar-refractivity contribution in [2.75, 3.05) is 6.61 Å². The zero-order chi connectivity index (χ0) is 17.4. The molecule has 3 nitrogen and oxygen atoms in total. The van der Waals surface area contributed by atoms with Crippen molar-refractivity contribution in [1.82, 2.24) is 5.32 Å². The Morgan fingerprint density at radius 1 is 1.08 bits per heavy atom. The van der Waals surface area contributed by atoms with Crippen LogP contribution in [0.15, 0.2) is 54.6 Å². The molecule has 128 valence electrons. The summed E-state index contributed by atoms with van der Waals surface area (Å²) in [5.41, 5.74) is 0.948. The molecule has 1 N–H and O–H groups in total. The summed E-state index contributed by atoms with van der Waals surface area (Å²) >= 11 is 5.83. The van der Waals surface area contributed by atoms with Crippen molar-refractivity contribution in [3.63, 3.8) is 0 Å². The predicted octanol–water partition coefficient (Wildman–Crippen LogP) is 4.64. The van der Waals surface area contributed by atoms with Gasteiger partial charge in [0.2, 0.25) is 5.91 Å². The molecule has 0 saturated carbocycles. The third-order valence-corrected chi connectivity index (χ3v) is 3.85. The molecule has 2 rings (SSSR count). The predicted molar refractivity (Wildman–Crippen MR) is 98.5 cm³/mol. The Morgan fingerprint density at radius 3 is 2.42 bits per heavy atom. The van der Waals surface area contributed by atoms with Crippen LogP contribution in [0.5, 0.6) is 5.75 Å². The zero-order valence-electron chi connectivity index (χ0n) is 14.2. The number of rotatable bonds is 8. The normalized spacial score (nSPS) is 11.1. The highest BCUT2D eigenvalue weighted by molar-refractivity contribution is 6.30. The monoisotopic (exact) mass is 345 g/mol. The first-order valence-electron chi connectivity index (χ1n) is 8.18. The van der Waals surface area contributed by atoms with Gasteiger partial charge in [-0.05, 0) is 56.5 Å². The van der Waals surface area contributed by atoms with Gasteiger partial charge >= 0.3 is 0 Å². The van der Waals surface area contributed by atoms with Gasteiger partial charge in [-0.1, -0.05) is 41.9 Å². The third kappa shape index (κ3) is 6.63. The number of nitrogens with one attached hydrogen (secondary N) is 1. The lowest BCUT2D eigenvalue weighted by molar-refractivity contribution is -0.122. The van der Waals surface area contributed by atoms with Crippen LogP contribution in [0.3, 0.4) is 0 Å².